The zero-order valence-corrected chi connectivity index (χ0v) is 9.79. The molecule has 1 N–H and O–H groups in total. The monoisotopic (exact) mass is 208 g/mol. The molecular formula is C12H20N2O. The van der Waals surface area contributed by atoms with Gasteiger partial charge in [-0.25, -0.2) is 0 Å². The second-order valence-electron chi connectivity index (χ2n) is 4.33. The Bertz CT molecular complexity index is 307. The highest BCUT2D eigenvalue weighted by atomic mass is 16.5. The van der Waals surface area contributed by atoms with Crippen LogP contribution in [-0.4, -0.2) is 23.4 Å². The van der Waals surface area contributed by atoms with Crippen molar-refractivity contribution in [2.24, 2.45) is 0 Å². The lowest BCUT2D eigenvalue weighted by Crippen LogP contribution is -2.44. The average molecular weight is 208 g/mol. The van der Waals surface area contributed by atoms with Gasteiger partial charge in [-0.1, -0.05) is 0 Å². The van der Waals surface area contributed by atoms with Crippen molar-refractivity contribution < 1.29 is 4.74 Å². The van der Waals surface area contributed by atoms with Crippen molar-refractivity contribution in [1.82, 2.24) is 4.68 Å². The first-order chi connectivity index (χ1) is 7.20. The number of aromatic nitrogens is 1. The summed E-state index contributed by atoms with van der Waals surface area (Å²) < 4.78 is 7.71. The van der Waals surface area contributed by atoms with Crippen molar-refractivity contribution in [3.8, 4) is 0 Å². The molecule has 3 nitrogen and oxygen atoms in total. The molecule has 0 saturated heterocycles. The Morgan fingerprint density at radius 2 is 1.93 bits per heavy atom. The van der Waals surface area contributed by atoms with Gasteiger partial charge in [0.25, 0.3) is 0 Å². The SMILES string of the molecule is CCOC1CC(Nn2c(C)ccc2C)C1. The van der Waals surface area contributed by atoms with Gasteiger partial charge in [0.1, 0.15) is 0 Å². The zero-order chi connectivity index (χ0) is 10.8. The van der Waals surface area contributed by atoms with Crippen LogP contribution >= 0.6 is 0 Å². The molecule has 0 unspecified atom stereocenters. The number of aryl methyl sites for hydroxylation is 2. The fourth-order valence-corrected chi connectivity index (χ4v) is 2.10. The molecule has 1 fully saturated rings. The smallest absolute Gasteiger partial charge is 0.0615 e. The average Bonchev–Trinajstić information content (AvgIpc) is 2.45. The lowest BCUT2D eigenvalue weighted by Gasteiger charge is -2.36. The van der Waals surface area contributed by atoms with Crippen molar-refractivity contribution in [3.63, 3.8) is 0 Å². The quantitative estimate of drug-likeness (QED) is 0.821. The van der Waals surface area contributed by atoms with E-state index in [0.717, 1.165) is 19.4 Å². The van der Waals surface area contributed by atoms with E-state index < -0.39 is 0 Å². The van der Waals surface area contributed by atoms with Crippen molar-refractivity contribution in [2.75, 3.05) is 12.0 Å². The highest BCUT2D eigenvalue weighted by molar-refractivity contribution is 5.16. The van der Waals surface area contributed by atoms with Crippen molar-refractivity contribution in [2.45, 2.75) is 45.8 Å². The minimum atomic E-state index is 0.476. The van der Waals surface area contributed by atoms with Gasteiger partial charge in [0.05, 0.1) is 6.10 Å². The van der Waals surface area contributed by atoms with Gasteiger partial charge < -0.3 is 10.2 Å². The number of nitrogens with one attached hydrogen (secondary N) is 1. The minimum Gasteiger partial charge on any atom is -0.378 e. The number of nitrogens with zero attached hydrogens (tertiary/aromatic N) is 1. The summed E-state index contributed by atoms with van der Waals surface area (Å²) in [6.07, 6.45) is 2.74. The molecule has 1 saturated carbocycles. The highest BCUT2D eigenvalue weighted by Gasteiger charge is 2.29. The maximum absolute atomic E-state index is 5.54. The lowest BCUT2D eigenvalue weighted by atomic mass is 9.90. The summed E-state index contributed by atoms with van der Waals surface area (Å²) in [5.41, 5.74) is 6.06. The molecule has 0 amide bonds. The van der Waals surface area contributed by atoms with Gasteiger partial charge in [-0.2, -0.15) is 0 Å². The topological polar surface area (TPSA) is 26.2 Å². The van der Waals surface area contributed by atoms with E-state index in [-0.39, 0.29) is 0 Å². The molecule has 1 aliphatic rings. The first-order valence-electron chi connectivity index (χ1n) is 5.73. The largest absolute Gasteiger partial charge is 0.378 e. The van der Waals surface area contributed by atoms with Gasteiger partial charge in [0.2, 0.25) is 0 Å². The molecule has 1 aromatic heterocycles. The van der Waals surface area contributed by atoms with E-state index in [2.05, 4.69) is 43.0 Å². The molecule has 0 radical (unpaired) electrons. The molecule has 1 heterocycles. The molecule has 0 bridgehead atoms. The third-order valence-corrected chi connectivity index (χ3v) is 3.08. The zero-order valence-electron chi connectivity index (χ0n) is 9.79. The van der Waals surface area contributed by atoms with E-state index >= 15 is 0 Å². The van der Waals surface area contributed by atoms with Crippen LogP contribution in [0.4, 0.5) is 0 Å². The van der Waals surface area contributed by atoms with Gasteiger partial charge in [-0.3, -0.25) is 4.68 Å². The predicted octanol–water partition coefficient (Wildman–Crippen LogP) is 2.22. The molecule has 1 aromatic rings. The Morgan fingerprint density at radius 1 is 1.33 bits per heavy atom. The Morgan fingerprint density at radius 3 is 2.47 bits per heavy atom. The Kier molecular flexibility index (Phi) is 3.00. The standard InChI is InChI=1S/C12H20N2O/c1-4-15-12-7-11(8-12)13-14-9(2)5-6-10(14)3/h5-6,11-13H,4,7-8H2,1-3H3. The van der Waals surface area contributed by atoms with E-state index in [4.69, 9.17) is 4.74 Å². The fourth-order valence-electron chi connectivity index (χ4n) is 2.10. The maximum Gasteiger partial charge on any atom is 0.0615 e. The van der Waals surface area contributed by atoms with Gasteiger partial charge >= 0.3 is 0 Å². The minimum absolute atomic E-state index is 0.476. The van der Waals surface area contributed by atoms with Crippen LogP contribution in [0.5, 0.6) is 0 Å². The summed E-state index contributed by atoms with van der Waals surface area (Å²) in [6, 6.07) is 4.86. The molecule has 84 valence electrons. The molecule has 2 rings (SSSR count). The predicted molar refractivity (Wildman–Crippen MR) is 61.7 cm³/mol. The van der Waals surface area contributed by atoms with Crippen LogP contribution in [0.1, 0.15) is 31.2 Å². The molecule has 0 aromatic carbocycles. The summed E-state index contributed by atoms with van der Waals surface area (Å²) in [4.78, 5) is 0. The van der Waals surface area contributed by atoms with E-state index in [9.17, 15) is 0 Å². The first-order valence-corrected chi connectivity index (χ1v) is 5.73. The van der Waals surface area contributed by atoms with Crippen LogP contribution in [0.2, 0.25) is 0 Å². The summed E-state index contributed by atoms with van der Waals surface area (Å²) >= 11 is 0. The Labute approximate surface area is 91.4 Å². The van der Waals surface area contributed by atoms with E-state index in [1.165, 1.54) is 11.4 Å². The maximum atomic E-state index is 5.54. The number of hydrogen-bond acceptors (Lipinski definition) is 2. The fraction of sp³-hybridized carbons (Fsp3) is 0.667. The summed E-state index contributed by atoms with van der Waals surface area (Å²) in [5, 5.41) is 0. The second kappa shape index (κ2) is 4.27. The van der Waals surface area contributed by atoms with Crippen LogP contribution < -0.4 is 5.43 Å². The lowest BCUT2D eigenvalue weighted by molar-refractivity contribution is 0.000489. The first kappa shape index (κ1) is 10.6. The van der Waals surface area contributed by atoms with Crippen LogP contribution in [0, 0.1) is 13.8 Å². The van der Waals surface area contributed by atoms with Crippen molar-refractivity contribution in [1.29, 1.82) is 0 Å². The van der Waals surface area contributed by atoms with Gasteiger partial charge in [0, 0.05) is 24.0 Å². The summed E-state index contributed by atoms with van der Waals surface area (Å²) in [7, 11) is 0. The third kappa shape index (κ3) is 2.17. The summed E-state index contributed by atoms with van der Waals surface area (Å²) in [5.74, 6) is 0. The van der Waals surface area contributed by atoms with Crippen LogP contribution in [0.15, 0.2) is 12.1 Å². The number of ether oxygens (including phenoxy) is 1. The van der Waals surface area contributed by atoms with Crippen LogP contribution in [0.25, 0.3) is 0 Å². The highest BCUT2D eigenvalue weighted by Crippen LogP contribution is 2.24. The number of hydrogen-bond donors (Lipinski definition) is 1. The van der Waals surface area contributed by atoms with Gasteiger partial charge in [-0.05, 0) is 45.7 Å². The van der Waals surface area contributed by atoms with E-state index in [0.29, 0.717) is 12.1 Å². The summed E-state index contributed by atoms with van der Waals surface area (Å²) in [6.45, 7) is 7.14. The Hall–Kier alpha value is -0.960. The van der Waals surface area contributed by atoms with Gasteiger partial charge in [0.15, 0.2) is 0 Å². The molecule has 0 spiro atoms. The second-order valence-corrected chi connectivity index (χ2v) is 4.33. The molecular weight excluding hydrogens is 188 g/mol. The molecule has 1 aliphatic carbocycles. The van der Waals surface area contributed by atoms with Crippen LogP contribution in [0.3, 0.4) is 0 Å². The van der Waals surface area contributed by atoms with Crippen molar-refractivity contribution >= 4 is 0 Å². The molecule has 0 atom stereocenters. The van der Waals surface area contributed by atoms with E-state index in [1.807, 2.05) is 0 Å². The van der Waals surface area contributed by atoms with Crippen LogP contribution in [-0.2, 0) is 4.74 Å². The normalized spacial score (nSPS) is 25.0. The van der Waals surface area contributed by atoms with E-state index in [1.54, 1.807) is 0 Å². The van der Waals surface area contributed by atoms with Crippen molar-refractivity contribution in [3.05, 3.63) is 23.5 Å². The number of rotatable bonds is 4. The third-order valence-electron chi connectivity index (χ3n) is 3.08. The van der Waals surface area contributed by atoms with Gasteiger partial charge in [-0.15, -0.1) is 0 Å². The molecule has 15 heavy (non-hydrogen) atoms. The molecule has 0 aliphatic heterocycles. The Balaban J connectivity index is 1.85. The molecule has 3 heteroatoms.